The van der Waals surface area contributed by atoms with Crippen molar-refractivity contribution >= 4 is 0 Å². The summed E-state index contributed by atoms with van der Waals surface area (Å²) in [4.78, 5) is 5.02. The van der Waals surface area contributed by atoms with E-state index in [1.54, 1.807) is 0 Å². The van der Waals surface area contributed by atoms with Crippen LogP contribution in [0.25, 0.3) is 0 Å². The number of rotatable bonds is 2. The maximum Gasteiger partial charge on any atom is 0.0599 e. The number of benzene rings is 1. The Labute approximate surface area is 98.9 Å². The van der Waals surface area contributed by atoms with Gasteiger partial charge < -0.3 is 0 Å². The first-order valence-electron chi connectivity index (χ1n) is 6.13. The predicted octanol–water partition coefficient (Wildman–Crippen LogP) is 2.56. The Morgan fingerprint density at radius 3 is 2.12 bits per heavy atom. The van der Waals surface area contributed by atoms with Gasteiger partial charge in [-0.05, 0) is 33.4 Å². The molecule has 1 aliphatic heterocycles. The van der Waals surface area contributed by atoms with Crippen LogP contribution in [0, 0.1) is 0 Å². The SMILES string of the molecule is CC1C(C)N(Cc2ccccc2)C(C)N1C. The lowest BCUT2D eigenvalue weighted by Gasteiger charge is -2.26. The van der Waals surface area contributed by atoms with E-state index in [9.17, 15) is 0 Å². The maximum absolute atomic E-state index is 2.57. The molecule has 0 bridgehead atoms. The van der Waals surface area contributed by atoms with Gasteiger partial charge in [-0.2, -0.15) is 0 Å². The van der Waals surface area contributed by atoms with Crippen LogP contribution in [-0.2, 0) is 6.54 Å². The molecule has 16 heavy (non-hydrogen) atoms. The molecule has 0 N–H and O–H groups in total. The van der Waals surface area contributed by atoms with Crippen LogP contribution in [0.3, 0.4) is 0 Å². The number of hydrogen-bond donors (Lipinski definition) is 0. The van der Waals surface area contributed by atoms with Crippen molar-refractivity contribution in [2.45, 2.75) is 45.6 Å². The number of hydrogen-bond acceptors (Lipinski definition) is 2. The second-order valence-electron chi connectivity index (χ2n) is 4.94. The van der Waals surface area contributed by atoms with E-state index in [2.05, 4.69) is 68.0 Å². The third kappa shape index (κ3) is 2.00. The summed E-state index contributed by atoms with van der Waals surface area (Å²) >= 11 is 0. The van der Waals surface area contributed by atoms with Gasteiger partial charge >= 0.3 is 0 Å². The zero-order valence-corrected chi connectivity index (χ0v) is 10.7. The highest BCUT2D eigenvalue weighted by Gasteiger charge is 2.37. The molecule has 88 valence electrons. The van der Waals surface area contributed by atoms with Crippen molar-refractivity contribution in [2.24, 2.45) is 0 Å². The van der Waals surface area contributed by atoms with Crippen molar-refractivity contribution < 1.29 is 0 Å². The van der Waals surface area contributed by atoms with E-state index in [1.807, 2.05) is 0 Å². The molecular weight excluding hydrogens is 196 g/mol. The highest BCUT2D eigenvalue weighted by molar-refractivity contribution is 5.15. The summed E-state index contributed by atoms with van der Waals surface area (Å²) in [5.41, 5.74) is 1.41. The summed E-state index contributed by atoms with van der Waals surface area (Å²) in [6.07, 6.45) is 0.533. The van der Waals surface area contributed by atoms with E-state index >= 15 is 0 Å². The molecule has 2 nitrogen and oxygen atoms in total. The topological polar surface area (TPSA) is 6.48 Å². The summed E-state index contributed by atoms with van der Waals surface area (Å²) in [6.45, 7) is 7.99. The van der Waals surface area contributed by atoms with Crippen LogP contribution in [0.1, 0.15) is 26.3 Å². The Morgan fingerprint density at radius 1 is 1.00 bits per heavy atom. The van der Waals surface area contributed by atoms with Crippen LogP contribution < -0.4 is 0 Å². The van der Waals surface area contributed by atoms with E-state index in [4.69, 9.17) is 0 Å². The van der Waals surface area contributed by atoms with Crippen molar-refractivity contribution in [2.75, 3.05) is 7.05 Å². The molecule has 2 rings (SSSR count). The average molecular weight is 218 g/mol. The lowest BCUT2D eigenvalue weighted by molar-refractivity contribution is 0.147. The molecule has 0 radical (unpaired) electrons. The molecule has 3 unspecified atom stereocenters. The van der Waals surface area contributed by atoms with E-state index in [0.29, 0.717) is 18.2 Å². The average Bonchev–Trinajstić information content (AvgIpc) is 2.48. The van der Waals surface area contributed by atoms with Crippen molar-refractivity contribution in [3.8, 4) is 0 Å². The van der Waals surface area contributed by atoms with E-state index in [-0.39, 0.29) is 0 Å². The molecule has 0 saturated carbocycles. The van der Waals surface area contributed by atoms with Crippen molar-refractivity contribution in [3.63, 3.8) is 0 Å². The summed E-state index contributed by atoms with van der Waals surface area (Å²) in [7, 11) is 2.22. The molecule has 1 saturated heterocycles. The van der Waals surface area contributed by atoms with Gasteiger partial charge in [0.1, 0.15) is 0 Å². The Bertz CT molecular complexity index is 322. The zero-order chi connectivity index (χ0) is 11.7. The molecule has 0 aromatic heterocycles. The minimum absolute atomic E-state index is 0.533. The third-order valence-corrected chi connectivity index (χ3v) is 4.14. The lowest BCUT2D eigenvalue weighted by Crippen LogP contribution is -2.35. The third-order valence-electron chi connectivity index (χ3n) is 4.14. The summed E-state index contributed by atoms with van der Waals surface area (Å²) in [5.74, 6) is 0. The second-order valence-corrected chi connectivity index (χ2v) is 4.94. The fraction of sp³-hybridized carbons (Fsp3) is 0.571. The van der Waals surface area contributed by atoms with Gasteiger partial charge in [0.25, 0.3) is 0 Å². The van der Waals surface area contributed by atoms with Crippen molar-refractivity contribution in [3.05, 3.63) is 35.9 Å². The van der Waals surface area contributed by atoms with Crippen LogP contribution in [0.4, 0.5) is 0 Å². The Kier molecular flexibility index (Phi) is 3.31. The predicted molar refractivity (Wildman–Crippen MR) is 68.1 cm³/mol. The van der Waals surface area contributed by atoms with Gasteiger partial charge in [0.15, 0.2) is 0 Å². The number of nitrogens with zero attached hydrogens (tertiary/aromatic N) is 2. The molecule has 0 aliphatic carbocycles. The zero-order valence-electron chi connectivity index (χ0n) is 10.7. The summed E-state index contributed by atoms with van der Waals surface area (Å²) in [6, 6.07) is 12.0. The standard InChI is InChI=1S/C14H22N2/c1-11-12(2)16(13(3)15(11)4)10-14-8-6-5-7-9-14/h5-9,11-13H,10H2,1-4H3. The fourth-order valence-corrected chi connectivity index (χ4v) is 2.60. The van der Waals surface area contributed by atoms with Crippen molar-refractivity contribution in [1.82, 2.24) is 9.80 Å². The minimum Gasteiger partial charge on any atom is -0.287 e. The van der Waals surface area contributed by atoms with Crippen LogP contribution in [0.5, 0.6) is 0 Å². The first-order valence-corrected chi connectivity index (χ1v) is 6.13. The van der Waals surface area contributed by atoms with Gasteiger partial charge in [0.2, 0.25) is 0 Å². The summed E-state index contributed by atoms with van der Waals surface area (Å²) < 4.78 is 0. The van der Waals surface area contributed by atoms with Crippen LogP contribution in [0.15, 0.2) is 30.3 Å². The Balaban J connectivity index is 2.11. The van der Waals surface area contributed by atoms with Crippen molar-refractivity contribution in [1.29, 1.82) is 0 Å². The Hall–Kier alpha value is -0.860. The van der Waals surface area contributed by atoms with E-state index < -0.39 is 0 Å². The summed E-state index contributed by atoms with van der Waals surface area (Å²) in [5, 5.41) is 0. The monoisotopic (exact) mass is 218 g/mol. The van der Waals surface area contributed by atoms with Crippen LogP contribution >= 0.6 is 0 Å². The van der Waals surface area contributed by atoms with Crippen LogP contribution in [-0.4, -0.2) is 35.1 Å². The van der Waals surface area contributed by atoms with Gasteiger partial charge in [-0.3, -0.25) is 9.80 Å². The highest BCUT2D eigenvalue weighted by atomic mass is 15.4. The molecule has 3 atom stereocenters. The van der Waals surface area contributed by atoms with Gasteiger partial charge in [-0.15, -0.1) is 0 Å². The number of likely N-dealkylation sites (N-methyl/N-ethyl adjacent to an activating group) is 1. The molecule has 1 fully saturated rings. The van der Waals surface area contributed by atoms with Crippen LogP contribution in [0.2, 0.25) is 0 Å². The largest absolute Gasteiger partial charge is 0.287 e. The first-order chi connectivity index (χ1) is 7.61. The fourth-order valence-electron chi connectivity index (χ4n) is 2.60. The molecular formula is C14H22N2. The second kappa shape index (κ2) is 4.56. The molecule has 1 aromatic rings. The lowest BCUT2D eigenvalue weighted by atomic mass is 10.1. The van der Waals surface area contributed by atoms with Gasteiger partial charge in [0.05, 0.1) is 6.17 Å². The molecule has 1 heterocycles. The molecule has 2 heteroatoms. The smallest absolute Gasteiger partial charge is 0.0599 e. The Morgan fingerprint density at radius 2 is 1.62 bits per heavy atom. The van der Waals surface area contributed by atoms with Gasteiger partial charge in [-0.1, -0.05) is 30.3 Å². The normalized spacial score (nSPS) is 32.1. The van der Waals surface area contributed by atoms with E-state index in [1.165, 1.54) is 5.56 Å². The first kappa shape index (κ1) is 11.6. The van der Waals surface area contributed by atoms with E-state index in [0.717, 1.165) is 6.54 Å². The van der Waals surface area contributed by atoms with Gasteiger partial charge in [-0.25, -0.2) is 0 Å². The molecule has 0 spiro atoms. The minimum atomic E-state index is 0.533. The highest BCUT2D eigenvalue weighted by Crippen LogP contribution is 2.26. The quantitative estimate of drug-likeness (QED) is 0.752. The molecule has 1 aromatic carbocycles. The molecule has 0 amide bonds. The molecule has 1 aliphatic rings. The van der Waals surface area contributed by atoms with Gasteiger partial charge in [0, 0.05) is 18.6 Å². The maximum atomic E-state index is 2.57.